The highest BCUT2D eigenvalue weighted by Crippen LogP contribution is 2.19. The number of carbonyl (C=O) groups excluding carboxylic acids is 1. The molecule has 8 nitrogen and oxygen atoms in total. The number of benzene rings is 1. The van der Waals surface area contributed by atoms with Crippen LogP contribution in [0.2, 0.25) is 0 Å². The molecule has 0 N–H and O–H groups in total. The van der Waals surface area contributed by atoms with Gasteiger partial charge in [-0.2, -0.15) is 0 Å². The minimum Gasteiger partial charge on any atom is -0.353 e. The molecular formula is C19H21N7O. The zero-order valence-corrected chi connectivity index (χ0v) is 14.9. The predicted octanol–water partition coefficient (Wildman–Crippen LogP) is 1.20. The fraction of sp³-hybridized carbons (Fsp3) is 0.316. The lowest BCUT2D eigenvalue weighted by Crippen LogP contribution is -2.51. The Morgan fingerprint density at radius 2 is 1.78 bits per heavy atom. The predicted molar refractivity (Wildman–Crippen MR) is 100 cm³/mol. The van der Waals surface area contributed by atoms with Gasteiger partial charge in [-0.15, -0.1) is 5.10 Å². The van der Waals surface area contributed by atoms with Gasteiger partial charge in [-0.25, -0.2) is 9.67 Å². The third kappa shape index (κ3) is 3.94. The Balaban J connectivity index is 1.46. The number of hydrogen-bond donors (Lipinski definition) is 0. The van der Waals surface area contributed by atoms with Crippen molar-refractivity contribution in [1.29, 1.82) is 0 Å². The summed E-state index contributed by atoms with van der Waals surface area (Å²) >= 11 is 0. The SMILES string of the molecule is O=C([C@@H](Cc1ccccc1)n1cnnn1)N1CCN(c2ccccn2)CC1. The minimum absolute atomic E-state index is 0.0480. The Bertz CT molecular complexity index is 846. The number of aromatic nitrogens is 5. The molecule has 0 radical (unpaired) electrons. The number of anilines is 1. The topological polar surface area (TPSA) is 80.0 Å². The average molecular weight is 363 g/mol. The highest BCUT2D eigenvalue weighted by Gasteiger charge is 2.30. The zero-order valence-electron chi connectivity index (χ0n) is 14.9. The van der Waals surface area contributed by atoms with E-state index >= 15 is 0 Å². The maximum atomic E-state index is 13.2. The molecule has 0 unspecified atom stereocenters. The normalized spacial score (nSPS) is 15.6. The second-order valence-electron chi connectivity index (χ2n) is 6.50. The Morgan fingerprint density at radius 3 is 2.44 bits per heavy atom. The highest BCUT2D eigenvalue weighted by atomic mass is 16.2. The van der Waals surface area contributed by atoms with Crippen LogP contribution in [0.25, 0.3) is 0 Å². The Morgan fingerprint density at radius 1 is 1.00 bits per heavy atom. The molecule has 1 fully saturated rings. The number of hydrogen-bond acceptors (Lipinski definition) is 6. The van der Waals surface area contributed by atoms with Crippen LogP contribution >= 0.6 is 0 Å². The lowest BCUT2D eigenvalue weighted by atomic mass is 10.0. The summed E-state index contributed by atoms with van der Waals surface area (Å²) < 4.78 is 1.56. The van der Waals surface area contributed by atoms with Crippen molar-refractivity contribution in [3.05, 3.63) is 66.6 Å². The molecule has 0 spiro atoms. The quantitative estimate of drug-likeness (QED) is 0.678. The molecule has 0 bridgehead atoms. The van der Waals surface area contributed by atoms with E-state index in [-0.39, 0.29) is 5.91 Å². The van der Waals surface area contributed by atoms with Crippen molar-refractivity contribution in [3.63, 3.8) is 0 Å². The van der Waals surface area contributed by atoms with Gasteiger partial charge in [-0.1, -0.05) is 36.4 Å². The van der Waals surface area contributed by atoms with Crippen LogP contribution in [0, 0.1) is 0 Å². The lowest BCUT2D eigenvalue weighted by molar-refractivity contribution is -0.135. The highest BCUT2D eigenvalue weighted by molar-refractivity contribution is 5.81. The summed E-state index contributed by atoms with van der Waals surface area (Å²) in [7, 11) is 0. The number of piperazine rings is 1. The summed E-state index contributed by atoms with van der Waals surface area (Å²) in [6.07, 6.45) is 3.86. The van der Waals surface area contributed by atoms with Crippen molar-refractivity contribution in [2.24, 2.45) is 0 Å². The first kappa shape index (κ1) is 17.1. The number of tetrazole rings is 1. The first-order valence-corrected chi connectivity index (χ1v) is 9.02. The van der Waals surface area contributed by atoms with Gasteiger partial charge in [-0.05, 0) is 28.1 Å². The van der Waals surface area contributed by atoms with E-state index in [4.69, 9.17) is 0 Å². The first-order chi connectivity index (χ1) is 13.3. The fourth-order valence-corrected chi connectivity index (χ4v) is 3.35. The standard InChI is InChI=1S/C19H21N7O/c27-19(25-12-10-24(11-13-25)18-8-4-5-9-20-18)17(26-15-21-22-23-26)14-16-6-2-1-3-7-16/h1-9,15,17H,10-14H2/t17-/m1/s1. The van der Waals surface area contributed by atoms with Crippen LogP contribution in [0.1, 0.15) is 11.6 Å². The molecule has 1 atom stereocenters. The third-order valence-electron chi connectivity index (χ3n) is 4.81. The summed E-state index contributed by atoms with van der Waals surface area (Å²) in [4.78, 5) is 21.7. The molecule has 0 aliphatic carbocycles. The van der Waals surface area contributed by atoms with E-state index in [9.17, 15) is 4.79 Å². The van der Waals surface area contributed by atoms with Gasteiger partial charge in [-0.3, -0.25) is 4.79 Å². The van der Waals surface area contributed by atoms with Crippen molar-refractivity contribution in [1.82, 2.24) is 30.1 Å². The Kier molecular flexibility index (Phi) is 5.04. The first-order valence-electron chi connectivity index (χ1n) is 9.02. The molecule has 27 heavy (non-hydrogen) atoms. The zero-order chi connectivity index (χ0) is 18.5. The number of pyridine rings is 1. The molecular weight excluding hydrogens is 342 g/mol. The van der Waals surface area contributed by atoms with Crippen molar-refractivity contribution in [2.75, 3.05) is 31.1 Å². The van der Waals surface area contributed by atoms with Crippen LogP contribution in [-0.4, -0.2) is 62.2 Å². The molecule has 1 aliphatic rings. The summed E-state index contributed by atoms with van der Waals surface area (Å²) in [5.74, 6) is 0.998. The van der Waals surface area contributed by atoms with Crippen molar-refractivity contribution < 1.29 is 4.79 Å². The van der Waals surface area contributed by atoms with Crippen LogP contribution in [-0.2, 0) is 11.2 Å². The monoisotopic (exact) mass is 363 g/mol. The lowest BCUT2D eigenvalue weighted by Gasteiger charge is -2.36. The minimum atomic E-state index is -0.441. The van der Waals surface area contributed by atoms with E-state index < -0.39 is 6.04 Å². The maximum absolute atomic E-state index is 13.2. The largest absolute Gasteiger partial charge is 0.353 e. The second-order valence-corrected chi connectivity index (χ2v) is 6.50. The number of rotatable bonds is 5. The van der Waals surface area contributed by atoms with Gasteiger partial charge in [0.1, 0.15) is 18.2 Å². The van der Waals surface area contributed by atoms with Gasteiger partial charge in [0.15, 0.2) is 0 Å². The number of carbonyl (C=O) groups is 1. The molecule has 4 rings (SSSR count). The molecule has 3 heterocycles. The van der Waals surface area contributed by atoms with E-state index in [1.54, 1.807) is 10.9 Å². The average Bonchev–Trinajstić information content (AvgIpc) is 3.28. The van der Waals surface area contributed by atoms with Crippen LogP contribution < -0.4 is 4.90 Å². The van der Waals surface area contributed by atoms with E-state index in [1.807, 2.05) is 53.4 Å². The summed E-state index contributed by atoms with van der Waals surface area (Å²) in [6.45, 7) is 2.83. The van der Waals surface area contributed by atoms with E-state index in [1.165, 1.54) is 6.33 Å². The molecule has 2 aromatic heterocycles. The van der Waals surface area contributed by atoms with Crippen molar-refractivity contribution >= 4 is 11.7 Å². The third-order valence-corrected chi connectivity index (χ3v) is 4.81. The van der Waals surface area contributed by atoms with E-state index in [0.717, 1.165) is 24.5 Å². The molecule has 138 valence electrons. The van der Waals surface area contributed by atoms with Crippen molar-refractivity contribution in [2.45, 2.75) is 12.5 Å². The number of nitrogens with zero attached hydrogens (tertiary/aromatic N) is 7. The Labute approximate surface area is 157 Å². The molecule has 3 aromatic rings. The van der Waals surface area contributed by atoms with Crippen LogP contribution in [0.5, 0.6) is 0 Å². The molecule has 1 amide bonds. The fourth-order valence-electron chi connectivity index (χ4n) is 3.35. The van der Waals surface area contributed by atoms with Gasteiger partial charge >= 0.3 is 0 Å². The van der Waals surface area contributed by atoms with Crippen molar-refractivity contribution in [3.8, 4) is 0 Å². The number of amides is 1. The Hall–Kier alpha value is -3.29. The molecule has 1 aromatic carbocycles. The summed E-state index contributed by atoms with van der Waals surface area (Å²) in [5.41, 5.74) is 1.08. The van der Waals surface area contributed by atoms with Gasteiger partial charge in [0.05, 0.1) is 0 Å². The summed E-state index contributed by atoms with van der Waals surface area (Å²) in [6, 6.07) is 15.4. The van der Waals surface area contributed by atoms with E-state index in [2.05, 4.69) is 25.4 Å². The van der Waals surface area contributed by atoms with Gasteiger partial charge in [0.2, 0.25) is 5.91 Å². The van der Waals surface area contributed by atoms with Crippen LogP contribution in [0.4, 0.5) is 5.82 Å². The van der Waals surface area contributed by atoms with Gasteiger partial charge in [0, 0.05) is 38.8 Å². The maximum Gasteiger partial charge on any atom is 0.248 e. The molecule has 0 saturated carbocycles. The van der Waals surface area contributed by atoms with Crippen LogP contribution in [0.15, 0.2) is 61.1 Å². The van der Waals surface area contributed by atoms with Gasteiger partial charge in [0.25, 0.3) is 0 Å². The molecule has 1 aliphatic heterocycles. The molecule has 1 saturated heterocycles. The van der Waals surface area contributed by atoms with E-state index in [0.29, 0.717) is 19.5 Å². The van der Waals surface area contributed by atoms with Gasteiger partial charge < -0.3 is 9.80 Å². The van der Waals surface area contributed by atoms with Crippen LogP contribution in [0.3, 0.4) is 0 Å². The summed E-state index contributed by atoms with van der Waals surface area (Å²) in [5, 5.41) is 11.4. The molecule has 8 heteroatoms. The smallest absolute Gasteiger partial charge is 0.248 e. The second kappa shape index (κ2) is 7.94.